The van der Waals surface area contributed by atoms with E-state index in [-0.39, 0.29) is 17.7 Å². The van der Waals surface area contributed by atoms with E-state index in [0.29, 0.717) is 11.6 Å². The van der Waals surface area contributed by atoms with Crippen molar-refractivity contribution in [3.8, 4) is 5.75 Å². The average molecular weight is 340 g/mol. The van der Waals surface area contributed by atoms with Crippen LogP contribution in [0.25, 0.3) is 0 Å². The summed E-state index contributed by atoms with van der Waals surface area (Å²) in [4.78, 5) is 14.5. The van der Waals surface area contributed by atoms with Crippen LogP contribution in [-0.2, 0) is 0 Å². The maximum absolute atomic E-state index is 12.4. The lowest BCUT2D eigenvalue weighted by Crippen LogP contribution is -2.47. The van der Waals surface area contributed by atoms with Gasteiger partial charge in [-0.2, -0.15) is 0 Å². The van der Waals surface area contributed by atoms with Crippen molar-refractivity contribution < 1.29 is 9.90 Å². The second-order valence-corrected chi connectivity index (χ2v) is 7.70. The molecule has 24 heavy (non-hydrogen) atoms. The van der Waals surface area contributed by atoms with Gasteiger partial charge >= 0.3 is 0 Å². The van der Waals surface area contributed by atoms with E-state index in [1.807, 2.05) is 36.4 Å². The Bertz CT molecular complexity index is 730. The molecule has 3 atom stereocenters. The first kappa shape index (κ1) is 15.5. The zero-order valence-electron chi connectivity index (χ0n) is 13.2. The molecule has 3 unspecified atom stereocenters. The van der Waals surface area contributed by atoms with Crippen LogP contribution in [0.15, 0.2) is 58.3 Å². The van der Waals surface area contributed by atoms with E-state index in [0.717, 1.165) is 28.7 Å². The van der Waals surface area contributed by atoms with Gasteiger partial charge in [-0.25, -0.2) is 0 Å². The fourth-order valence-corrected chi connectivity index (χ4v) is 4.41. The summed E-state index contributed by atoms with van der Waals surface area (Å²) in [7, 11) is 0. The zero-order chi connectivity index (χ0) is 16.5. The number of carbonyl (C=O) groups is 1. The molecule has 2 aliphatic rings. The minimum atomic E-state index is 0.00975. The summed E-state index contributed by atoms with van der Waals surface area (Å²) >= 11 is 1.61. The molecule has 4 nitrogen and oxygen atoms in total. The molecule has 4 rings (SSSR count). The van der Waals surface area contributed by atoms with Gasteiger partial charge in [0.1, 0.15) is 5.75 Å². The molecule has 1 amide bonds. The predicted octanol–water partition coefficient (Wildman–Crippen LogP) is 3.02. The summed E-state index contributed by atoms with van der Waals surface area (Å²) in [5, 5.41) is 16.0. The van der Waals surface area contributed by atoms with Gasteiger partial charge in [0.15, 0.2) is 0 Å². The summed E-state index contributed by atoms with van der Waals surface area (Å²) in [5.41, 5.74) is 0.702. The van der Waals surface area contributed by atoms with Crippen molar-refractivity contribution in [3.63, 3.8) is 0 Å². The third-order valence-electron chi connectivity index (χ3n) is 4.83. The van der Waals surface area contributed by atoms with Crippen molar-refractivity contribution in [2.75, 3.05) is 6.54 Å². The van der Waals surface area contributed by atoms with Crippen LogP contribution in [0.3, 0.4) is 0 Å². The molecule has 0 radical (unpaired) electrons. The number of phenols is 1. The minimum absolute atomic E-state index is 0.00975. The monoisotopic (exact) mass is 340 g/mol. The molecule has 3 N–H and O–H groups in total. The Morgan fingerprint density at radius 1 is 1.04 bits per heavy atom. The molecule has 124 valence electrons. The van der Waals surface area contributed by atoms with E-state index >= 15 is 0 Å². The largest absolute Gasteiger partial charge is 0.508 e. The van der Waals surface area contributed by atoms with E-state index < -0.39 is 0 Å². The van der Waals surface area contributed by atoms with Crippen LogP contribution in [0.2, 0.25) is 0 Å². The van der Waals surface area contributed by atoms with Crippen LogP contribution in [0, 0.1) is 5.92 Å². The van der Waals surface area contributed by atoms with Crippen LogP contribution < -0.4 is 10.6 Å². The lowest BCUT2D eigenvalue weighted by molar-refractivity contribution is 0.0928. The number of phenolic OH excluding ortho intramolecular Hbond substituents is 1. The van der Waals surface area contributed by atoms with Crippen molar-refractivity contribution in [2.45, 2.75) is 34.7 Å². The molecule has 1 saturated carbocycles. The van der Waals surface area contributed by atoms with Gasteiger partial charge in [0.25, 0.3) is 5.91 Å². The molecule has 5 heteroatoms. The second-order valence-electron chi connectivity index (χ2n) is 6.55. The standard InChI is InChI=1S/C19H20N2O2S/c22-14-3-7-16(8-4-14)24-15-5-1-13(2-6-15)19(23)21-18-10-12-9-17(18)20-11-12/h1-8,12,17-18,20,22H,9-11H2,(H,21,23). The highest BCUT2D eigenvalue weighted by Crippen LogP contribution is 2.31. The van der Waals surface area contributed by atoms with Crippen LogP contribution >= 0.6 is 11.8 Å². The van der Waals surface area contributed by atoms with Gasteiger partial charge in [0.2, 0.25) is 0 Å². The minimum Gasteiger partial charge on any atom is -0.508 e. The van der Waals surface area contributed by atoms with Crippen LogP contribution in [-0.4, -0.2) is 29.6 Å². The Hall–Kier alpha value is -1.98. The number of hydrogen-bond donors (Lipinski definition) is 3. The Morgan fingerprint density at radius 3 is 2.29 bits per heavy atom. The SMILES string of the molecule is O=C(NC1CC2CNC1C2)c1ccc(Sc2ccc(O)cc2)cc1. The molecule has 2 fully saturated rings. The summed E-state index contributed by atoms with van der Waals surface area (Å²) in [6, 6.07) is 15.5. The molecule has 0 spiro atoms. The van der Waals surface area contributed by atoms with Gasteiger partial charge in [-0.05, 0) is 73.8 Å². The second kappa shape index (κ2) is 6.49. The van der Waals surface area contributed by atoms with E-state index in [4.69, 9.17) is 0 Å². The number of nitrogens with one attached hydrogen (secondary N) is 2. The normalized spacial score (nSPS) is 24.9. The highest BCUT2D eigenvalue weighted by Gasteiger charge is 2.39. The van der Waals surface area contributed by atoms with Gasteiger partial charge in [-0.1, -0.05) is 11.8 Å². The molecule has 2 aromatic carbocycles. The fraction of sp³-hybridized carbons (Fsp3) is 0.316. The molecule has 2 bridgehead atoms. The number of amides is 1. The van der Waals surface area contributed by atoms with Crippen molar-refractivity contribution in [2.24, 2.45) is 5.92 Å². The molecule has 1 saturated heterocycles. The first-order chi connectivity index (χ1) is 11.7. The van der Waals surface area contributed by atoms with Gasteiger partial charge in [0, 0.05) is 27.4 Å². The number of piperidine rings is 1. The highest BCUT2D eigenvalue weighted by atomic mass is 32.2. The van der Waals surface area contributed by atoms with E-state index in [1.165, 1.54) is 6.42 Å². The summed E-state index contributed by atoms with van der Waals surface area (Å²) in [6.45, 7) is 1.10. The Morgan fingerprint density at radius 2 is 1.71 bits per heavy atom. The molecular formula is C19H20N2O2S. The first-order valence-electron chi connectivity index (χ1n) is 8.28. The number of aromatic hydroxyl groups is 1. The smallest absolute Gasteiger partial charge is 0.251 e. The molecule has 1 aliphatic carbocycles. The first-order valence-corrected chi connectivity index (χ1v) is 9.10. The fourth-order valence-electron chi connectivity index (χ4n) is 3.59. The maximum Gasteiger partial charge on any atom is 0.251 e. The third-order valence-corrected chi connectivity index (χ3v) is 5.85. The Kier molecular flexibility index (Phi) is 4.21. The third kappa shape index (κ3) is 3.28. The summed E-state index contributed by atoms with van der Waals surface area (Å²) in [6.07, 6.45) is 2.28. The predicted molar refractivity (Wildman–Crippen MR) is 94.4 cm³/mol. The topological polar surface area (TPSA) is 61.4 Å². The van der Waals surface area contributed by atoms with Crippen molar-refractivity contribution in [1.82, 2.24) is 10.6 Å². The van der Waals surface area contributed by atoms with Gasteiger partial charge in [-0.3, -0.25) is 4.79 Å². The van der Waals surface area contributed by atoms with E-state index in [9.17, 15) is 9.90 Å². The molecule has 1 heterocycles. The Balaban J connectivity index is 1.38. The average Bonchev–Trinajstić information content (AvgIpc) is 3.20. The van der Waals surface area contributed by atoms with Crippen molar-refractivity contribution >= 4 is 17.7 Å². The number of fused-ring (bicyclic) bond motifs is 2. The molecule has 1 aliphatic heterocycles. The number of carbonyl (C=O) groups excluding carboxylic acids is 1. The molecule has 2 aromatic rings. The maximum atomic E-state index is 12.4. The number of hydrogen-bond acceptors (Lipinski definition) is 4. The molecular weight excluding hydrogens is 320 g/mol. The summed E-state index contributed by atoms with van der Waals surface area (Å²) < 4.78 is 0. The lowest BCUT2D eigenvalue weighted by atomic mass is 10.1. The highest BCUT2D eigenvalue weighted by molar-refractivity contribution is 7.99. The molecule has 0 aromatic heterocycles. The van der Waals surface area contributed by atoms with Crippen molar-refractivity contribution in [1.29, 1.82) is 0 Å². The van der Waals surface area contributed by atoms with Gasteiger partial charge < -0.3 is 15.7 Å². The number of rotatable bonds is 4. The van der Waals surface area contributed by atoms with E-state index in [2.05, 4.69) is 10.6 Å². The van der Waals surface area contributed by atoms with Crippen LogP contribution in [0.1, 0.15) is 23.2 Å². The number of benzene rings is 2. The van der Waals surface area contributed by atoms with Crippen LogP contribution in [0.4, 0.5) is 0 Å². The zero-order valence-corrected chi connectivity index (χ0v) is 14.1. The van der Waals surface area contributed by atoms with Gasteiger partial charge in [0.05, 0.1) is 0 Å². The van der Waals surface area contributed by atoms with Gasteiger partial charge in [-0.15, -0.1) is 0 Å². The van der Waals surface area contributed by atoms with Crippen molar-refractivity contribution in [3.05, 3.63) is 54.1 Å². The lowest BCUT2D eigenvalue weighted by Gasteiger charge is -2.24. The summed E-state index contributed by atoms with van der Waals surface area (Å²) in [5.74, 6) is 1.00. The van der Waals surface area contributed by atoms with E-state index in [1.54, 1.807) is 23.9 Å². The Labute approximate surface area is 145 Å². The van der Waals surface area contributed by atoms with Crippen LogP contribution in [0.5, 0.6) is 5.75 Å². The quantitative estimate of drug-likeness (QED) is 0.801.